The molecule has 2 heteroatoms. The van der Waals surface area contributed by atoms with Crippen LogP contribution in [0, 0.1) is 12.8 Å². The normalized spacial score (nSPS) is 11.2. The lowest BCUT2D eigenvalue weighted by Gasteiger charge is -2.08. The van der Waals surface area contributed by atoms with Crippen molar-refractivity contribution in [3.05, 3.63) is 35.4 Å². The molecule has 0 aliphatic rings. The van der Waals surface area contributed by atoms with Crippen LogP contribution >= 0.6 is 0 Å². The Morgan fingerprint density at radius 1 is 1.00 bits per heavy atom. The number of aryl methyl sites for hydroxylation is 2. The molecule has 0 unspecified atom stereocenters. The number of benzene rings is 1. The summed E-state index contributed by atoms with van der Waals surface area (Å²) in [6.45, 7) is 11.2. The van der Waals surface area contributed by atoms with Crippen LogP contribution in [0.3, 0.4) is 0 Å². The third-order valence-electron chi connectivity index (χ3n) is 3.16. The molecule has 108 valence electrons. The Hall–Kier alpha value is -0.860. The highest BCUT2D eigenvalue weighted by atomic mass is 14.9. The van der Waals surface area contributed by atoms with E-state index in [0.717, 1.165) is 32.1 Å². The highest BCUT2D eigenvalue weighted by Crippen LogP contribution is 2.05. The van der Waals surface area contributed by atoms with Crippen LogP contribution in [-0.2, 0) is 6.42 Å². The van der Waals surface area contributed by atoms with Crippen molar-refractivity contribution in [3.63, 3.8) is 0 Å². The van der Waals surface area contributed by atoms with E-state index in [9.17, 15) is 0 Å². The average Bonchev–Trinajstić information content (AvgIpc) is 2.36. The highest BCUT2D eigenvalue weighted by Gasteiger charge is 1.95. The molecule has 19 heavy (non-hydrogen) atoms. The maximum absolute atomic E-state index is 3.52. The standard InChI is InChI=1S/C17H30N2/c1-15(2)14-19-12-6-11-18-10-5-9-17-8-4-7-16(3)13-17/h4,7-8,13,15,18-19H,5-6,9-12,14H2,1-3H3. The molecule has 0 fully saturated rings. The number of hydrogen-bond donors (Lipinski definition) is 2. The van der Waals surface area contributed by atoms with Gasteiger partial charge in [-0.3, -0.25) is 0 Å². The van der Waals surface area contributed by atoms with Crippen LogP contribution in [0.2, 0.25) is 0 Å². The first-order chi connectivity index (χ1) is 9.18. The summed E-state index contributed by atoms with van der Waals surface area (Å²) in [5.41, 5.74) is 2.82. The van der Waals surface area contributed by atoms with Gasteiger partial charge in [0.2, 0.25) is 0 Å². The smallest absolute Gasteiger partial charge is 0.00258 e. The minimum absolute atomic E-state index is 0.752. The van der Waals surface area contributed by atoms with E-state index >= 15 is 0 Å². The fourth-order valence-electron chi connectivity index (χ4n) is 2.14. The van der Waals surface area contributed by atoms with Gasteiger partial charge in [-0.2, -0.15) is 0 Å². The van der Waals surface area contributed by atoms with Crippen LogP contribution in [0.1, 0.15) is 37.8 Å². The van der Waals surface area contributed by atoms with Crippen LogP contribution in [0.25, 0.3) is 0 Å². The molecule has 0 radical (unpaired) electrons. The van der Waals surface area contributed by atoms with Gasteiger partial charge in [-0.25, -0.2) is 0 Å². The lowest BCUT2D eigenvalue weighted by molar-refractivity contribution is 0.528. The van der Waals surface area contributed by atoms with Crippen molar-refractivity contribution in [2.45, 2.75) is 40.0 Å². The summed E-state index contributed by atoms with van der Waals surface area (Å²) in [5.74, 6) is 0.752. The molecule has 2 nitrogen and oxygen atoms in total. The van der Waals surface area contributed by atoms with Crippen molar-refractivity contribution >= 4 is 0 Å². The summed E-state index contributed by atoms with van der Waals surface area (Å²) in [7, 11) is 0. The minimum atomic E-state index is 0.752. The first-order valence-electron chi connectivity index (χ1n) is 7.65. The highest BCUT2D eigenvalue weighted by molar-refractivity contribution is 5.22. The molecule has 0 aliphatic heterocycles. The number of nitrogens with one attached hydrogen (secondary N) is 2. The van der Waals surface area contributed by atoms with Crippen molar-refractivity contribution in [2.24, 2.45) is 5.92 Å². The average molecular weight is 262 g/mol. The molecule has 1 rings (SSSR count). The van der Waals surface area contributed by atoms with Gasteiger partial charge in [0.1, 0.15) is 0 Å². The monoisotopic (exact) mass is 262 g/mol. The van der Waals surface area contributed by atoms with E-state index in [2.05, 4.69) is 55.7 Å². The first kappa shape index (κ1) is 16.2. The molecular formula is C17H30N2. The SMILES string of the molecule is Cc1cccc(CCCNCCCNCC(C)C)c1. The zero-order valence-electron chi connectivity index (χ0n) is 12.8. The Morgan fingerprint density at radius 3 is 2.47 bits per heavy atom. The maximum Gasteiger partial charge on any atom is -0.00258 e. The van der Waals surface area contributed by atoms with Gasteiger partial charge in [-0.05, 0) is 63.8 Å². The van der Waals surface area contributed by atoms with Gasteiger partial charge in [-0.1, -0.05) is 43.7 Å². The summed E-state index contributed by atoms with van der Waals surface area (Å²) in [6.07, 6.45) is 3.63. The first-order valence-corrected chi connectivity index (χ1v) is 7.65. The Morgan fingerprint density at radius 2 is 1.74 bits per heavy atom. The van der Waals surface area contributed by atoms with E-state index in [1.807, 2.05) is 0 Å². The van der Waals surface area contributed by atoms with Crippen molar-refractivity contribution in [1.29, 1.82) is 0 Å². The van der Waals surface area contributed by atoms with Crippen LogP contribution in [0.4, 0.5) is 0 Å². The molecule has 2 N–H and O–H groups in total. The molecule has 0 spiro atoms. The quantitative estimate of drug-likeness (QED) is 0.633. The van der Waals surface area contributed by atoms with Gasteiger partial charge in [0.15, 0.2) is 0 Å². The largest absolute Gasteiger partial charge is 0.317 e. The molecule has 1 aromatic carbocycles. The van der Waals surface area contributed by atoms with Crippen molar-refractivity contribution < 1.29 is 0 Å². The third-order valence-corrected chi connectivity index (χ3v) is 3.16. The Labute approximate surface area is 119 Å². The fraction of sp³-hybridized carbons (Fsp3) is 0.647. The topological polar surface area (TPSA) is 24.1 Å². The van der Waals surface area contributed by atoms with E-state index in [1.54, 1.807) is 0 Å². The maximum atomic E-state index is 3.52. The van der Waals surface area contributed by atoms with Gasteiger partial charge >= 0.3 is 0 Å². The third kappa shape index (κ3) is 8.79. The summed E-state index contributed by atoms with van der Waals surface area (Å²) >= 11 is 0. The van der Waals surface area contributed by atoms with Gasteiger partial charge in [-0.15, -0.1) is 0 Å². The van der Waals surface area contributed by atoms with Gasteiger partial charge in [0, 0.05) is 0 Å². The summed E-state index contributed by atoms with van der Waals surface area (Å²) < 4.78 is 0. The molecule has 0 bridgehead atoms. The van der Waals surface area contributed by atoms with Crippen LogP contribution in [0.15, 0.2) is 24.3 Å². The molecule has 0 saturated carbocycles. The lowest BCUT2D eigenvalue weighted by Crippen LogP contribution is -2.25. The van der Waals surface area contributed by atoms with Crippen molar-refractivity contribution in [2.75, 3.05) is 26.2 Å². The molecule has 0 aromatic heterocycles. The predicted octanol–water partition coefficient (Wildman–Crippen LogP) is 3.15. The molecule has 0 aliphatic carbocycles. The molecule has 0 saturated heterocycles. The zero-order valence-corrected chi connectivity index (χ0v) is 12.8. The second-order valence-electron chi connectivity index (χ2n) is 5.79. The van der Waals surface area contributed by atoms with Gasteiger partial charge in [0.25, 0.3) is 0 Å². The van der Waals surface area contributed by atoms with Crippen LogP contribution < -0.4 is 10.6 Å². The molecule has 0 amide bonds. The summed E-state index contributed by atoms with van der Waals surface area (Å²) in [4.78, 5) is 0. The summed E-state index contributed by atoms with van der Waals surface area (Å²) in [5, 5.41) is 6.99. The molecule has 1 aromatic rings. The van der Waals surface area contributed by atoms with Crippen LogP contribution in [-0.4, -0.2) is 26.2 Å². The van der Waals surface area contributed by atoms with Crippen molar-refractivity contribution in [1.82, 2.24) is 10.6 Å². The predicted molar refractivity (Wildman–Crippen MR) is 84.7 cm³/mol. The summed E-state index contributed by atoms with van der Waals surface area (Å²) in [6, 6.07) is 8.82. The zero-order chi connectivity index (χ0) is 13.9. The second-order valence-corrected chi connectivity index (χ2v) is 5.79. The molecule has 0 atom stereocenters. The van der Waals surface area contributed by atoms with Crippen molar-refractivity contribution in [3.8, 4) is 0 Å². The minimum Gasteiger partial charge on any atom is -0.317 e. The molecular weight excluding hydrogens is 232 g/mol. The fourth-order valence-corrected chi connectivity index (χ4v) is 2.14. The Balaban J connectivity index is 1.91. The molecule has 0 heterocycles. The van der Waals surface area contributed by atoms with E-state index in [0.29, 0.717) is 0 Å². The number of hydrogen-bond acceptors (Lipinski definition) is 2. The number of rotatable bonds is 10. The van der Waals surface area contributed by atoms with Gasteiger partial charge < -0.3 is 10.6 Å². The van der Waals surface area contributed by atoms with Gasteiger partial charge in [0.05, 0.1) is 0 Å². The van der Waals surface area contributed by atoms with Crippen LogP contribution in [0.5, 0.6) is 0 Å². The lowest BCUT2D eigenvalue weighted by atomic mass is 10.1. The second kappa shape index (κ2) is 9.99. The van der Waals surface area contributed by atoms with E-state index in [4.69, 9.17) is 0 Å². The Kier molecular flexibility index (Phi) is 8.52. The Bertz CT molecular complexity index is 334. The van der Waals surface area contributed by atoms with E-state index < -0.39 is 0 Å². The van der Waals surface area contributed by atoms with E-state index in [1.165, 1.54) is 30.4 Å². The van der Waals surface area contributed by atoms with E-state index in [-0.39, 0.29) is 0 Å².